The number of benzene rings is 4. The number of ether oxygens (including phenoxy) is 1. The Hall–Kier alpha value is -5.55. The average Bonchev–Trinajstić information content (AvgIpc) is 3.07. The van der Waals surface area contributed by atoms with E-state index in [9.17, 15) is 19.2 Å². The van der Waals surface area contributed by atoms with Crippen LogP contribution in [0.25, 0.3) is 22.3 Å². The Bertz CT molecular complexity index is 1850. The number of hydrogen-bond donors (Lipinski definition) is 3. The molecule has 0 saturated heterocycles. The van der Waals surface area contributed by atoms with Gasteiger partial charge in [0.2, 0.25) is 5.91 Å². The van der Waals surface area contributed by atoms with Gasteiger partial charge in [0.15, 0.2) is 11.8 Å². The summed E-state index contributed by atoms with van der Waals surface area (Å²) in [6.07, 6.45) is -0.192. The van der Waals surface area contributed by atoms with Crippen molar-refractivity contribution in [1.29, 1.82) is 0 Å². The maximum absolute atomic E-state index is 12.6. The highest BCUT2D eigenvalue weighted by Crippen LogP contribution is 2.28. The van der Waals surface area contributed by atoms with Gasteiger partial charge in [-0.3, -0.25) is 24.2 Å². The van der Waals surface area contributed by atoms with E-state index in [0.29, 0.717) is 11.4 Å². The molecule has 45 heavy (non-hydrogen) atoms. The lowest BCUT2D eigenvalue weighted by Crippen LogP contribution is -2.23. The number of carbonyl (C=O) groups is 3. The van der Waals surface area contributed by atoms with Crippen molar-refractivity contribution in [2.24, 2.45) is 0 Å². The van der Waals surface area contributed by atoms with Gasteiger partial charge in [-0.2, -0.15) is 0 Å². The van der Waals surface area contributed by atoms with Crippen LogP contribution in [0.4, 0.5) is 11.4 Å². The minimum Gasteiger partial charge on any atom is -0.456 e. The first-order valence-electron chi connectivity index (χ1n) is 14.1. The van der Waals surface area contributed by atoms with Gasteiger partial charge in [-0.15, -0.1) is 10.2 Å². The third-order valence-corrected chi connectivity index (χ3v) is 7.45. The smallest absolute Gasteiger partial charge is 0.306 e. The number of aryl methyl sites for hydroxylation is 1. The molecular weight excluding hydrogens is 590 g/mol. The monoisotopic (exact) mass is 619 g/mol. The van der Waals surface area contributed by atoms with E-state index in [2.05, 4.69) is 25.8 Å². The predicted molar refractivity (Wildman–Crippen MR) is 174 cm³/mol. The van der Waals surface area contributed by atoms with Crippen LogP contribution in [0.1, 0.15) is 12.1 Å². The summed E-state index contributed by atoms with van der Waals surface area (Å²) >= 11 is 1.03. The second-order valence-corrected chi connectivity index (χ2v) is 10.7. The number of aromatic nitrogens is 3. The highest BCUT2D eigenvalue weighted by atomic mass is 32.2. The fourth-order valence-electron chi connectivity index (χ4n) is 4.44. The van der Waals surface area contributed by atoms with Crippen molar-refractivity contribution in [2.75, 3.05) is 23.0 Å². The highest BCUT2D eigenvalue weighted by Gasteiger charge is 2.14. The van der Waals surface area contributed by atoms with Crippen LogP contribution in [0.3, 0.4) is 0 Å². The van der Waals surface area contributed by atoms with Crippen molar-refractivity contribution in [1.82, 2.24) is 15.2 Å². The zero-order chi connectivity index (χ0) is 31.4. The highest BCUT2D eigenvalue weighted by molar-refractivity contribution is 7.99. The van der Waals surface area contributed by atoms with Crippen molar-refractivity contribution in [3.8, 4) is 22.3 Å². The summed E-state index contributed by atoms with van der Waals surface area (Å²) in [6.45, 7) is -0.475. The van der Waals surface area contributed by atoms with Gasteiger partial charge in [0, 0.05) is 28.9 Å². The molecule has 0 bridgehead atoms. The average molecular weight is 620 g/mol. The molecule has 226 valence electrons. The second kappa shape index (κ2) is 15.3. The third-order valence-electron chi connectivity index (χ3n) is 6.59. The summed E-state index contributed by atoms with van der Waals surface area (Å²) in [6, 6.07) is 34.1. The number of anilines is 2. The fraction of sp³-hybridized carbons (Fsp3) is 0.118. The Labute approximate surface area is 263 Å². The number of esters is 1. The minimum atomic E-state index is -0.659. The summed E-state index contributed by atoms with van der Waals surface area (Å²) in [4.78, 5) is 52.5. The van der Waals surface area contributed by atoms with Crippen LogP contribution in [0.15, 0.2) is 119 Å². The first kappa shape index (κ1) is 30.9. The number of hydrogen-bond acceptors (Lipinski definition) is 8. The molecule has 0 radical (unpaired) electrons. The van der Waals surface area contributed by atoms with Gasteiger partial charge in [-0.1, -0.05) is 109 Å². The van der Waals surface area contributed by atoms with Gasteiger partial charge in [0.05, 0.1) is 12.2 Å². The van der Waals surface area contributed by atoms with Gasteiger partial charge >= 0.3 is 5.97 Å². The molecule has 5 rings (SSSR count). The number of nitrogens with zero attached hydrogens (tertiary/aromatic N) is 2. The molecule has 0 aliphatic carbocycles. The molecule has 4 aromatic carbocycles. The summed E-state index contributed by atoms with van der Waals surface area (Å²) in [7, 11) is 0. The molecule has 11 heteroatoms. The van der Waals surface area contributed by atoms with Crippen LogP contribution in [0.2, 0.25) is 0 Å². The Morgan fingerprint density at radius 2 is 1.22 bits per heavy atom. The van der Waals surface area contributed by atoms with Gasteiger partial charge in [-0.25, -0.2) is 0 Å². The lowest BCUT2D eigenvalue weighted by atomic mass is 10.0. The predicted octanol–water partition coefficient (Wildman–Crippen LogP) is 5.34. The molecule has 10 nitrogen and oxygen atoms in total. The van der Waals surface area contributed by atoms with Crippen molar-refractivity contribution in [3.05, 3.63) is 125 Å². The number of carbonyl (C=O) groups excluding carboxylic acids is 3. The number of thioether (sulfide) groups is 1. The SMILES string of the molecule is O=C(COC(=O)CCc1nnc(SCC(=O)Nc2ccccc2-c2ccccc2)[nH]c1=O)Nc1ccccc1-c1ccccc1. The first-order valence-corrected chi connectivity index (χ1v) is 15.1. The zero-order valence-electron chi connectivity index (χ0n) is 24.1. The Morgan fingerprint density at radius 3 is 1.80 bits per heavy atom. The number of nitrogens with one attached hydrogen (secondary N) is 3. The molecule has 0 saturated carbocycles. The van der Waals surface area contributed by atoms with E-state index in [1.165, 1.54) is 0 Å². The Balaban J connectivity index is 1.07. The van der Waals surface area contributed by atoms with Crippen LogP contribution >= 0.6 is 11.8 Å². The summed E-state index contributed by atoms with van der Waals surface area (Å²) < 4.78 is 5.10. The van der Waals surface area contributed by atoms with Crippen LogP contribution < -0.4 is 16.2 Å². The van der Waals surface area contributed by atoms with Crippen molar-refractivity contribution < 1.29 is 19.1 Å². The zero-order valence-corrected chi connectivity index (χ0v) is 24.9. The molecule has 0 aliphatic rings. The van der Waals surface area contributed by atoms with E-state index in [1.807, 2.05) is 97.1 Å². The lowest BCUT2D eigenvalue weighted by Gasteiger charge is -2.11. The maximum Gasteiger partial charge on any atom is 0.306 e. The Kier molecular flexibility index (Phi) is 10.5. The molecule has 0 spiro atoms. The molecule has 1 aromatic heterocycles. The van der Waals surface area contributed by atoms with E-state index in [0.717, 1.165) is 34.0 Å². The summed E-state index contributed by atoms with van der Waals surface area (Å²) in [5, 5.41) is 13.7. The standard InChI is InChI=1S/C34H29N5O5S/c40-30(35-27-17-9-7-15-25(27)23-11-3-1-4-12-23)21-44-32(42)20-19-29-33(43)37-34(39-38-29)45-22-31(41)36-28-18-10-8-16-26(28)24-13-5-2-6-14-24/h1-18H,19-22H2,(H,35,40)(H,36,41)(H,37,39,43). The van der Waals surface area contributed by atoms with E-state index < -0.39 is 24.0 Å². The van der Waals surface area contributed by atoms with E-state index in [1.54, 1.807) is 12.1 Å². The minimum absolute atomic E-state index is 0.00267. The fourth-order valence-corrected chi connectivity index (χ4v) is 5.05. The summed E-state index contributed by atoms with van der Waals surface area (Å²) in [5.41, 5.74) is 4.43. The van der Waals surface area contributed by atoms with Crippen LogP contribution in [0, 0.1) is 0 Å². The molecular formula is C34H29N5O5S. The topological polar surface area (TPSA) is 143 Å². The quantitative estimate of drug-likeness (QED) is 0.125. The number of aromatic amines is 1. The largest absolute Gasteiger partial charge is 0.456 e. The Morgan fingerprint density at radius 1 is 0.689 bits per heavy atom. The van der Waals surface area contributed by atoms with Gasteiger partial charge in [0.1, 0.15) is 5.69 Å². The second-order valence-electron chi connectivity index (χ2n) is 9.77. The van der Waals surface area contributed by atoms with Crippen molar-refractivity contribution >= 4 is 40.9 Å². The first-order chi connectivity index (χ1) is 22.0. The van der Waals surface area contributed by atoms with E-state index in [-0.39, 0.29) is 35.4 Å². The molecule has 1 heterocycles. The number of rotatable bonds is 12. The number of H-pyrrole nitrogens is 1. The molecule has 0 atom stereocenters. The number of amides is 2. The molecule has 0 unspecified atom stereocenters. The molecule has 2 amide bonds. The van der Waals surface area contributed by atoms with Crippen LogP contribution in [-0.4, -0.2) is 45.3 Å². The van der Waals surface area contributed by atoms with E-state index >= 15 is 0 Å². The van der Waals surface area contributed by atoms with Crippen LogP contribution in [0.5, 0.6) is 0 Å². The molecule has 0 aliphatic heterocycles. The summed E-state index contributed by atoms with van der Waals surface area (Å²) in [5.74, 6) is -1.42. The van der Waals surface area contributed by atoms with Crippen molar-refractivity contribution in [3.63, 3.8) is 0 Å². The number of para-hydroxylation sites is 2. The molecule has 3 N–H and O–H groups in total. The van der Waals surface area contributed by atoms with Crippen LogP contribution in [-0.2, 0) is 25.5 Å². The van der Waals surface area contributed by atoms with Gasteiger partial charge in [-0.05, 0) is 23.3 Å². The maximum atomic E-state index is 12.6. The van der Waals surface area contributed by atoms with Crippen molar-refractivity contribution in [2.45, 2.75) is 18.0 Å². The normalized spacial score (nSPS) is 10.6. The van der Waals surface area contributed by atoms with Gasteiger partial charge in [0.25, 0.3) is 11.5 Å². The lowest BCUT2D eigenvalue weighted by molar-refractivity contribution is -0.147. The third kappa shape index (κ3) is 8.74. The van der Waals surface area contributed by atoms with E-state index in [4.69, 9.17) is 4.74 Å². The molecule has 5 aromatic rings. The van der Waals surface area contributed by atoms with Gasteiger partial charge < -0.3 is 15.4 Å². The molecule has 0 fully saturated rings.